The van der Waals surface area contributed by atoms with Crippen LogP contribution in [0.2, 0.25) is 5.02 Å². The van der Waals surface area contributed by atoms with Crippen LogP contribution >= 0.6 is 11.6 Å². The number of hydrogen-bond acceptors (Lipinski definition) is 6. The highest BCUT2D eigenvalue weighted by molar-refractivity contribution is 6.33. The van der Waals surface area contributed by atoms with Crippen molar-refractivity contribution in [3.8, 4) is 11.3 Å². The second-order valence-corrected chi connectivity index (χ2v) is 17.4. The number of aliphatic hydroxyl groups excluding tert-OH is 1. The summed E-state index contributed by atoms with van der Waals surface area (Å²) in [6.45, 7) is 6.65. The van der Waals surface area contributed by atoms with Gasteiger partial charge in [-0.25, -0.2) is 4.79 Å². The third kappa shape index (κ3) is 5.67. The molecule has 0 aliphatic heterocycles. The monoisotopic (exact) mass is 777 g/mol. The van der Waals surface area contributed by atoms with Crippen molar-refractivity contribution in [3.63, 3.8) is 0 Å². The van der Waals surface area contributed by atoms with Crippen LogP contribution in [0.4, 0.5) is 18.0 Å². The summed E-state index contributed by atoms with van der Waals surface area (Å²) < 4.78 is 52.6. The van der Waals surface area contributed by atoms with Crippen LogP contribution in [0.1, 0.15) is 87.4 Å². The lowest BCUT2D eigenvalue weighted by Crippen LogP contribution is -2.67. The van der Waals surface area contributed by atoms with Gasteiger partial charge in [0, 0.05) is 33.9 Å². The number of Topliss-reactive ketones (excluding diaryl/α,β-unsaturated/α-hetero) is 1. The molecule has 2 spiro atoms. The lowest BCUT2D eigenvalue weighted by atomic mass is 9.32. The Bertz CT molecular complexity index is 2080. The van der Waals surface area contributed by atoms with Crippen molar-refractivity contribution in [1.29, 1.82) is 0 Å². The van der Waals surface area contributed by atoms with E-state index in [1.54, 1.807) is 11.8 Å². The van der Waals surface area contributed by atoms with Gasteiger partial charge in [-0.2, -0.15) is 13.2 Å². The predicted molar refractivity (Wildman–Crippen MR) is 201 cm³/mol. The number of ketones is 1. The number of aliphatic hydroxyl groups is 2. The Morgan fingerprint density at radius 2 is 1.67 bits per heavy atom. The molecule has 3 saturated carbocycles. The minimum atomic E-state index is -4.60. The Kier molecular flexibility index (Phi) is 9.06. The predicted octanol–water partition coefficient (Wildman–Crippen LogP) is 10.1. The van der Waals surface area contributed by atoms with Gasteiger partial charge in [-0.15, -0.1) is 0 Å². The summed E-state index contributed by atoms with van der Waals surface area (Å²) in [5.41, 5.74) is -3.14. The van der Waals surface area contributed by atoms with Gasteiger partial charge in [0.15, 0.2) is 5.76 Å². The molecule has 0 radical (unpaired) electrons. The molecule has 6 aliphatic carbocycles. The number of benzene rings is 2. The van der Waals surface area contributed by atoms with Crippen molar-refractivity contribution >= 4 is 23.5 Å². The number of amides is 1. The Morgan fingerprint density at radius 3 is 2.40 bits per heavy atom. The number of ether oxygens (including phenoxy) is 1. The molecule has 55 heavy (non-hydrogen) atoms. The first-order valence-corrected chi connectivity index (χ1v) is 19.7. The van der Waals surface area contributed by atoms with Crippen LogP contribution in [-0.2, 0) is 17.5 Å². The van der Waals surface area contributed by atoms with Gasteiger partial charge >= 0.3 is 12.3 Å². The number of allylic oxidation sites excluding steroid dienone is 4. The quantitative estimate of drug-likeness (QED) is 0.175. The summed E-state index contributed by atoms with van der Waals surface area (Å²) in [7, 11) is 0. The van der Waals surface area contributed by atoms with Crippen molar-refractivity contribution in [3.05, 3.63) is 106 Å². The Hall–Kier alpha value is -3.86. The summed E-state index contributed by atoms with van der Waals surface area (Å²) in [6.07, 6.45) is 5.04. The van der Waals surface area contributed by atoms with E-state index in [1.165, 1.54) is 18.2 Å². The van der Waals surface area contributed by atoms with Gasteiger partial charge in [-0.3, -0.25) is 4.79 Å². The summed E-state index contributed by atoms with van der Waals surface area (Å²) in [6, 6.07) is 15.6. The van der Waals surface area contributed by atoms with E-state index >= 15 is 4.79 Å². The number of rotatable bonds is 8. The van der Waals surface area contributed by atoms with Crippen LogP contribution in [0, 0.1) is 33.5 Å². The van der Waals surface area contributed by atoms with Gasteiger partial charge in [0.2, 0.25) is 5.78 Å². The van der Waals surface area contributed by atoms with Crippen LogP contribution < -0.4 is 0 Å². The largest absolute Gasteiger partial charge is 0.453 e. The Balaban J connectivity index is 1.20. The van der Waals surface area contributed by atoms with Crippen LogP contribution in [0.3, 0.4) is 0 Å². The van der Waals surface area contributed by atoms with Crippen molar-refractivity contribution < 1.29 is 42.1 Å². The van der Waals surface area contributed by atoms with E-state index in [0.29, 0.717) is 44.1 Å². The Labute approximate surface area is 324 Å². The van der Waals surface area contributed by atoms with E-state index in [0.717, 1.165) is 24.1 Å². The topological polar surface area (TPSA) is 100 Å². The molecule has 1 amide bonds. The molecule has 6 aliphatic rings. The second kappa shape index (κ2) is 13.1. The fraction of sp³-hybridized carbons (Fsp3) is 0.500. The molecular formula is C44H47ClF3NO6. The zero-order valence-electron chi connectivity index (χ0n) is 31.3. The van der Waals surface area contributed by atoms with E-state index in [1.807, 2.05) is 30.3 Å². The van der Waals surface area contributed by atoms with Crippen LogP contribution in [0.25, 0.3) is 11.3 Å². The highest BCUT2D eigenvalue weighted by Gasteiger charge is 2.74. The fourth-order valence-corrected chi connectivity index (χ4v) is 12.0. The number of hydrogen-bond donors (Lipinski definition) is 2. The van der Waals surface area contributed by atoms with Crippen LogP contribution in [0.5, 0.6) is 0 Å². The van der Waals surface area contributed by atoms with Gasteiger partial charge in [0.1, 0.15) is 5.76 Å². The van der Waals surface area contributed by atoms with Crippen molar-refractivity contribution in [1.82, 2.24) is 4.90 Å². The number of carbonyl (C=O) groups excluding carboxylic acids is 2. The SMILES string of the molecule is CCOC(=O)N(Cc1ccccc1)C[C@]1(O)CC[C@H]2[C@]34C=C[C@@]5(C=C3C(=O)c3ccc(-c6cc(C(F)(F)F)ccc6Cl)o3)CC(O)CC[C@]5(C)[C@H]4CC[C@@]21C. The van der Waals surface area contributed by atoms with Crippen LogP contribution in [-0.4, -0.2) is 51.8 Å². The molecule has 8 atom stereocenters. The van der Waals surface area contributed by atoms with E-state index < -0.39 is 45.8 Å². The molecule has 11 heteroatoms. The number of carbonyl (C=O) groups is 2. The number of nitrogens with zero attached hydrogens (tertiary/aromatic N) is 1. The molecule has 3 aromatic rings. The maximum Gasteiger partial charge on any atom is 0.416 e. The van der Waals surface area contributed by atoms with E-state index in [4.69, 9.17) is 20.8 Å². The lowest BCUT2D eigenvalue weighted by Gasteiger charge is -2.71. The first-order valence-electron chi connectivity index (χ1n) is 19.3. The zero-order valence-corrected chi connectivity index (χ0v) is 32.1. The van der Waals surface area contributed by atoms with Gasteiger partial charge < -0.3 is 24.3 Å². The highest BCUT2D eigenvalue weighted by Crippen LogP contribution is 2.78. The Morgan fingerprint density at radius 1 is 0.964 bits per heavy atom. The number of alkyl halides is 3. The summed E-state index contributed by atoms with van der Waals surface area (Å²) >= 11 is 6.37. The molecule has 2 aromatic carbocycles. The van der Waals surface area contributed by atoms with E-state index in [9.17, 15) is 28.2 Å². The van der Waals surface area contributed by atoms with Crippen molar-refractivity contribution in [2.75, 3.05) is 13.2 Å². The summed E-state index contributed by atoms with van der Waals surface area (Å²) in [5, 5.41) is 24.0. The van der Waals surface area contributed by atoms with Crippen molar-refractivity contribution in [2.45, 2.75) is 90.1 Å². The molecule has 1 aromatic heterocycles. The third-order valence-corrected chi connectivity index (χ3v) is 14.9. The number of fused-ring (bicyclic) bond motifs is 1. The molecule has 0 saturated heterocycles. The van der Waals surface area contributed by atoms with Crippen molar-refractivity contribution in [2.24, 2.45) is 33.5 Å². The van der Waals surface area contributed by atoms with Crippen LogP contribution in [0.15, 0.2) is 88.9 Å². The van der Waals surface area contributed by atoms with Gasteiger partial charge in [-0.05, 0) is 105 Å². The molecule has 9 rings (SSSR count). The van der Waals surface area contributed by atoms with Gasteiger partial charge in [0.05, 0.1) is 35.4 Å². The molecule has 2 N–H and O–H groups in total. The summed E-state index contributed by atoms with van der Waals surface area (Å²) in [4.78, 5) is 30.1. The smallest absolute Gasteiger partial charge is 0.416 e. The molecular weight excluding hydrogens is 731 g/mol. The lowest BCUT2D eigenvalue weighted by molar-refractivity contribution is -0.175. The highest BCUT2D eigenvalue weighted by atomic mass is 35.5. The molecule has 7 nitrogen and oxygen atoms in total. The first kappa shape index (κ1) is 38.0. The molecule has 1 heterocycles. The zero-order chi connectivity index (χ0) is 39.2. The fourth-order valence-electron chi connectivity index (χ4n) is 11.7. The molecule has 1 unspecified atom stereocenters. The minimum Gasteiger partial charge on any atom is -0.453 e. The maximum atomic E-state index is 15.0. The first-order chi connectivity index (χ1) is 26.0. The molecule has 2 bridgehead atoms. The average molecular weight is 778 g/mol. The maximum absolute atomic E-state index is 15.0. The van der Waals surface area contributed by atoms with Gasteiger partial charge in [-0.1, -0.05) is 74.0 Å². The molecule has 3 fully saturated rings. The minimum absolute atomic E-state index is 0.000280. The summed E-state index contributed by atoms with van der Waals surface area (Å²) in [5.74, 6) is -0.551. The van der Waals surface area contributed by atoms with Gasteiger partial charge in [0.25, 0.3) is 0 Å². The van der Waals surface area contributed by atoms with E-state index in [2.05, 4.69) is 32.1 Å². The standard InChI is InChI=1S/C44H47ClF3NO6/c1-4-54-38(52)49(25-27-8-6-5-7-9-27)26-42(53)19-16-36-40(42,3)18-15-35-39(2)17-14-29(50)23-41(39)20-21-43(35,36)31(24-41)37(51)34-13-12-33(55-34)30-22-28(44(46,47)48)10-11-32(30)45/h5-13,20-22,24,29,35-36,50,53H,4,14-19,23,25-26H2,1-3H3/t29?,35-,36-,39-,40+,41+,42-,43-/m1/s1. The number of halogens is 4. The van der Waals surface area contributed by atoms with E-state index in [-0.39, 0.29) is 64.8 Å². The normalized spacial score (nSPS) is 34.7. The molecule has 292 valence electrons. The average Bonchev–Trinajstić information content (AvgIpc) is 3.74. The number of furan rings is 1. The third-order valence-electron chi connectivity index (χ3n) is 14.5. The second-order valence-electron chi connectivity index (χ2n) is 17.0.